The molecule has 0 radical (unpaired) electrons. The first-order valence-corrected chi connectivity index (χ1v) is 17.3. The van der Waals surface area contributed by atoms with E-state index in [4.69, 9.17) is 0 Å². The van der Waals surface area contributed by atoms with Crippen LogP contribution in [-0.2, 0) is 38.4 Å². The van der Waals surface area contributed by atoms with Gasteiger partial charge in [-0.25, -0.2) is 0 Å². The molecule has 0 spiro atoms. The summed E-state index contributed by atoms with van der Waals surface area (Å²) in [7, 11) is 7.08. The summed E-state index contributed by atoms with van der Waals surface area (Å²) in [6.45, 7) is 12.3. The average molecular weight is 727 g/mol. The Bertz CT molecular complexity index is 1240. The smallest absolute Gasteiger partial charge is 0.245 e. The lowest BCUT2D eigenvalue weighted by atomic mass is 9.98. The second-order valence-electron chi connectivity index (χ2n) is 13.7. The van der Waals surface area contributed by atoms with Gasteiger partial charge in [-0.1, -0.05) is 34.6 Å². The van der Waals surface area contributed by atoms with Crippen molar-refractivity contribution < 1.29 is 43.5 Å². The van der Waals surface area contributed by atoms with Crippen LogP contribution in [0.4, 0.5) is 0 Å². The Hall–Kier alpha value is -4.28. The number of hydrogen-bond acceptors (Lipinski definition) is 9. The van der Waals surface area contributed by atoms with Crippen molar-refractivity contribution in [3.05, 3.63) is 0 Å². The Kier molecular flexibility index (Phi) is 20.0. The Morgan fingerprint density at radius 3 is 1.63 bits per heavy atom. The zero-order valence-electron chi connectivity index (χ0n) is 32.7. The molecule has 8 amide bonds. The SMILES string of the molecule is CCCC(=O)N(C)CC(=O)N(C)[C@@H](CO)C(=O)N[C@H](C(=O)N(C)[C@@H](CC(C)C)C(=O)N[C@H](C)C(=O)N[C@@H](C)C(=O)N(C)[C@H](C)C(=O)NC)C(C)C. The molecule has 0 aromatic heterocycles. The lowest BCUT2D eigenvalue weighted by molar-refractivity contribution is -0.147. The van der Waals surface area contributed by atoms with Crippen molar-refractivity contribution in [3.63, 3.8) is 0 Å². The fourth-order valence-corrected chi connectivity index (χ4v) is 5.04. The molecule has 0 aromatic rings. The molecule has 292 valence electrons. The highest BCUT2D eigenvalue weighted by Crippen LogP contribution is 2.16. The van der Waals surface area contributed by atoms with E-state index in [1.807, 2.05) is 20.8 Å². The summed E-state index contributed by atoms with van der Waals surface area (Å²) >= 11 is 0. The fourth-order valence-electron chi connectivity index (χ4n) is 5.04. The number of hydrogen-bond donors (Lipinski definition) is 5. The Morgan fingerprint density at radius 2 is 1.16 bits per heavy atom. The first kappa shape index (κ1) is 46.7. The maximum Gasteiger partial charge on any atom is 0.245 e. The molecule has 0 aliphatic rings. The lowest BCUT2D eigenvalue weighted by Gasteiger charge is -2.35. The summed E-state index contributed by atoms with van der Waals surface area (Å²) in [6, 6.07) is -6.47. The number of amides is 8. The topological polar surface area (TPSA) is 218 Å². The molecule has 17 nitrogen and oxygen atoms in total. The zero-order valence-corrected chi connectivity index (χ0v) is 32.7. The molecule has 0 fully saturated rings. The highest BCUT2D eigenvalue weighted by Gasteiger charge is 2.37. The van der Waals surface area contributed by atoms with Crippen LogP contribution in [0.5, 0.6) is 0 Å². The van der Waals surface area contributed by atoms with Crippen molar-refractivity contribution in [2.75, 3.05) is 48.4 Å². The minimum Gasteiger partial charge on any atom is -0.394 e. The minimum absolute atomic E-state index is 0.0662. The first-order valence-electron chi connectivity index (χ1n) is 17.3. The van der Waals surface area contributed by atoms with Gasteiger partial charge < -0.3 is 46.0 Å². The minimum atomic E-state index is -1.36. The van der Waals surface area contributed by atoms with Crippen molar-refractivity contribution in [3.8, 4) is 0 Å². The van der Waals surface area contributed by atoms with E-state index >= 15 is 0 Å². The summed E-state index contributed by atoms with van der Waals surface area (Å²) in [4.78, 5) is 108. The number of carbonyl (C=O) groups excluding carboxylic acids is 8. The van der Waals surface area contributed by atoms with Crippen LogP contribution in [0.1, 0.15) is 74.7 Å². The van der Waals surface area contributed by atoms with E-state index in [-0.39, 0.29) is 37.1 Å². The van der Waals surface area contributed by atoms with Gasteiger partial charge in [0.05, 0.1) is 13.2 Å². The molecular formula is C34H62N8O9. The Labute approximate surface area is 302 Å². The quantitative estimate of drug-likeness (QED) is 0.100. The van der Waals surface area contributed by atoms with Gasteiger partial charge in [0.2, 0.25) is 47.3 Å². The molecule has 0 unspecified atom stereocenters. The predicted molar refractivity (Wildman–Crippen MR) is 190 cm³/mol. The maximum absolute atomic E-state index is 13.9. The van der Waals surface area contributed by atoms with Crippen LogP contribution >= 0.6 is 0 Å². The number of carbonyl (C=O) groups is 8. The zero-order chi connectivity index (χ0) is 39.9. The van der Waals surface area contributed by atoms with Crippen molar-refractivity contribution in [1.29, 1.82) is 0 Å². The molecule has 0 aliphatic heterocycles. The summed E-state index contributed by atoms with van der Waals surface area (Å²) in [5.41, 5.74) is 0. The molecule has 51 heavy (non-hydrogen) atoms. The van der Waals surface area contributed by atoms with Crippen LogP contribution in [0.25, 0.3) is 0 Å². The second kappa shape index (κ2) is 21.8. The molecule has 6 atom stereocenters. The number of aliphatic hydroxyl groups is 1. The van der Waals surface area contributed by atoms with Crippen LogP contribution in [0.2, 0.25) is 0 Å². The standard InChI is InChI=1S/C34H62N8O9/c1-14-15-26(44)39(10)17-27(45)41(12)25(18-43)32(49)38-28(20(4)5)34(51)42(13)24(16-19(2)3)31(48)36-21(6)29(46)37-22(7)33(50)40(11)23(8)30(47)35-9/h19-25,28,43H,14-18H2,1-13H3,(H,35,47)(H,36,48)(H,37,46)(H,38,49)/t21-,22+,23-,24+,25+,28+/m1/s1. The summed E-state index contributed by atoms with van der Waals surface area (Å²) in [6.07, 6.45) is 1.06. The molecule has 0 heterocycles. The number of aliphatic hydroxyl groups excluding tert-OH is 1. The third-order valence-electron chi connectivity index (χ3n) is 8.68. The van der Waals surface area contributed by atoms with E-state index < -0.39 is 84.2 Å². The largest absolute Gasteiger partial charge is 0.394 e. The van der Waals surface area contributed by atoms with Gasteiger partial charge in [-0.05, 0) is 45.4 Å². The Balaban J connectivity index is 5.86. The van der Waals surface area contributed by atoms with Gasteiger partial charge in [-0.2, -0.15) is 0 Å². The van der Waals surface area contributed by atoms with Crippen LogP contribution in [0, 0.1) is 11.8 Å². The van der Waals surface area contributed by atoms with Crippen LogP contribution in [0.15, 0.2) is 0 Å². The normalized spacial score (nSPS) is 14.6. The molecule has 0 saturated heterocycles. The second-order valence-corrected chi connectivity index (χ2v) is 13.7. The van der Waals surface area contributed by atoms with Crippen LogP contribution < -0.4 is 21.3 Å². The third-order valence-corrected chi connectivity index (χ3v) is 8.68. The summed E-state index contributed by atoms with van der Waals surface area (Å²) < 4.78 is 0. The molecule has 0 aliphatic carbocycles. The number of likely N-dealkylation sites (N-methyl/N-ethyl adjacent to an activating group) is 5. The van der Waals surface area contributed by atoms with E-state index in [0.717, 1.165) is 4.90 Å². The van der Waals surface area contributed by atoms with Gasteiger partial charge in [0.1, 0.15) is 36.3 Å². The molecular weight excluding hydrogens is 664 g/mol. The van der Waals surface area contributed by atoms with Crippen LogP contribution in [0.3, 0.4) is 0 Å². The van der Waals surface area contributed by atoms with E-state index in [1.54, 1.807) is 20.8 Å². The summed E-state index contributed by atoms with van der Waals surface area (Å²) in [5.74, 6) is -4.98. The van der Waals surface area contributed by atoms with Gasteiger partial charge in [-0.3, -0.25) is 38.4 Å². The summed E-state index contributed by atoms with van der Waals surface area (Å²) in [5, 5.41) is 20.3. The highest BCUT2D eigenvalue weighted by molar-refractivity contribution is 5.97. The van der Waals surface area contributed by atoms with Crippen molar-refractivity contribution in [2.45, 2.75) is 111 Å². The van der Waals surface area contributed by atoms with Gasteiger partial charge in [-0.15, -0.1) is 0 Å². The Morgan fingerprint density at radius 1 is 0.627 bits per heavy atom. The molecule has 17 heteroatoms. The number of nitrogens with zero attached hydrogens (tertiary/aromatic N) is 4. The van der Waals surface area contributed by atoms with E-state index in [2.05, 4.69) is 21.3 Å². The van der Waals surface area contributed by atoms with Gasteiger partial charge in [0.25, 0.3) is 0 Å². The van der Waals surface area contributed by atoms with Crippen molar-refractivity contribution in [1.82, 2.24) is 40.9 Å². The van der Waals surface area contributed by atoms with Crippen molar-refractivity contribution in [2.24, 2.45) is 11.8 Å². The van der Waals surface area contributed by atoms with Gasteiger partial charge in [0.15, 0.2) is 0 Å². The van der Waals surface area contributed by atoms with Crippen LogP contribution in [-0.4, -0.2) is 157 Å². The molecule has 0 bridgehead atoms. The molecule has 0 saturated carbocycles. The van der Waals surface area contributed by atoms with Crippen molar-refractivity contribution >= 4 is 47.3 Å². The van der Waals surface area contributed by atoms with E-state index in [0.29, 0.717) is 6.42 Å². The predicted octanol–water partition coefficient (Wildman–Crippen LogP) is -1.32. The fraction of sp³-hybridized carbons (Fsp3) is 0.765. The maximum atomic E-state index is 13.9. The lowest BCUT2D eigenvalue weighted by Crippen LogP contribution is -2.60. The average Bonchev–Trinajstić information content (AvgIpc) is 3.07. The number of nitrogens with one attached hydrogen (secondary N) is 4. The highest BCUT2D eigenvalue weighted by atomic mass is 16.3. The van der Waals surface area contributed by atoms with Gasteiger partial charge in [0, 0.05) is 41.7 Å². The number of rotatable bonds is 20. The van der Waals surface area contributed by atoms with Gasteiger partial charge >= 0.3 is 0 Å². The molecule has 0 aromatic carbocycles. The van der Waals surface area contributed by atoms with E-state index in [9.17, 15) is 43.5 Å². The monoisotopic (exact) mass is 726 g/mol. The first-order chi connectivity index (χ1) is 23.6. The molecule has 5 N–H and O–H groups in total. The van der Waals surface area contributed by atoms with E-state index in [1.165, 1.54) is 63.8 Å². The molecule has 0 rings (SSSR count). The third kappa shape index (κ3) is 14.1.